The third-order valence-corrected chi connectivity index (χ3v) is 7.54. The normalized spacial score (nSPS) is 30.8. The van der Waals surface area contributed by atoms with Gasteiger partial charge >= 0.3 is 0 Å². The van der Waals surface area contributed by atoms with E-state index in [4.69, 9.17) is 0 Å². The van der Waals surface area contributed by atoms with Gasteiger partial charge in [0.2, 0.25) is 11.8 Å². The highest BCUT2D eigenvalue weighted by molar-refractivity contribution is 5.84. The molecule has 0 saturated heterocycles. The minimum Gasteiger partial charge on any atom is -0.355 e. The number of hydrogen-bond acceptors (Lipinski definition) is 2. The molecule has 4 bridgehead atoms. The molecule has 2 amide bonds. The van der Waals surface area contributed by atoms with E-state index in [1.165, 1.54) is 30.2 Å². The van der Waals surface area contributed by atoms with E-state index in [0.29, 0.717) is 29.9 Å². The molecule has 4 fully saturated rings. The molecule has 5 rings (SSSR count). The van der Waals surface area contributed by atoms with Crippen LogP contribution in [0.25, 0.3) is 0 Å². The highest BCUT2D eigenvalue weighted by atomic mass is 19.2. The van der Waals surface area contributed by atoms with E-state index in [-0.39, 0.29) is 29.7 Å². The first-order valence-corrected chi connectivity index (χ1v) is 10.8. The fraction of sp³-hybridized carbons (Fsp3) is 0.652. The smallest absolute Gasteiger partial charge is 0.226 e. The predicted molar refractivity (Wildman–Crippen MR) is 106 cm³/mol. The molecule has 4 aliphatic rings. The molecule has 4 aliphatic carbocycles. The van der Waals surface area contributed by atoms with Gasteiger partial charge in [-0.25, -0.2) is 8.78 Å². The van der Waals surface area contributed by atoms with E-state index in [0.717, 1.165) is 31.4 Å². The molecule has 0 unspecified atom stereocenters. The average molecular weight is 405 g/mol. The molecule has 1 atom stereocenters. The maximum Gasteiger partial charge on any atom is 0.226 e. The number of hydrogen-bond donors (Lipinski definition) is 1. The molecular formula is C23H30F2N2O2. The fourth-order valence-corrected chi connectivity index (χ4v) is 6.25. The van der Waals surface area contributed by atoms with Crippen LogP contribution in [0.3, 0.4) is 0 Å². The van der Waals surface area contributed by atoms with Gasteiger partial charge in [-0.05, 0) is 80.9 Å². The molecule has 0 radical (unpaired) electrons. The number of benzene rings is 1. The Bertz CT molecular complexity index is 775. The van der Waals surface area contributed by atoms with Crippen molar-refractivity contribution in [3.63, 3.8) is 0 Å². The van der Waals surface area contributed by atoms with E-state index >= 15 is 0 Å². The number of carbonyl (C=O) groups excluding carboxylic acids is 2. The summed E-state index contributed by atoms with van der Waals surface area (Å²) in [6, 6.07) is 3.31. The van der Waals surface area contributed by atoms with E-state index in [1.807, 2.05) is 0 Å². The zero-order valence-electron chi connectivity index (χ0n) is 17.2. The van der Waals surface area contributed by atoms with Gasteiger partial charge in [0.15, 0.2) is 11.6 Å². The average Bonchev–Trinajstić information content (AvgIpc) is 2.67. The maximum atomic E-state index is 13.5. The molecule has 0 aromatic heterocycles. The topological polar surface area (TPSA) is 49.4 Å². The quantitative estimate of drug-likeness (QED) is 0.772. The Kier molecular flexibility index (Phi) is 5.38. The third kappa shape index (κ3) is 3.90. The predicted octanol–water partition coefficient (Wildman–Crippen LogP) is 4.21. The highest BCUT2D eigenvalue weighted by Crippen LogP contribution is 2.60. The van der Waals surface area contributed by atoms with Crippen LogP contribution in [-0.2, 0) is 9.59 Å². The largest absolute Gasteiger partial charge is 0.355 e. The molecule has 4 saturated carbocycles. The first-order chi connectivity index (χ1) is 13.8. The molecular weight excluding hydrogens is 374 g/mol. The SMILES string of the molecule is C[C@H](c1ccc(F)c(F)c1)N(C)C(=O)CCNC(=O)C12CC3CC(CC(C3)C1)C2. The molecule has 0 aliphatic heterocycles. The van der Waals surface area contributed by atoms with Crippen LogP contribution in [0.1, 0.15) is 63.5 Å². The second kappa shape index (κ2) is 7.69. The number of rotatable bonds is 6. The number of amides is 2. The van der Waals surface area contributed by atoms with Crippen LogP contribution < -0.4 is 5.32 Å². The van der Waals surface area contributed by atoms with Crippen LogP contribution in [0, 0.1) is 34.8 Å². The lowest BCUT2D eigenvalue weighted by molar-refractivity contribution is -0.146. The minimum atomic E-state index is -0.918. The summed E-state index contributed by atoms with van der Waals surface area (Å²) in [4.78, 5) is 27.0. The van der Waals surface area contributed by atoms with Crippen molar-refractivity contribution < 1.29 is 18.4 Å². The molecule has 6 heteroatoms. The van der Waals surface area contributed by atoms with Gasteiger partial charge in [-0.2, -0.15) is 0 Å². The van der Waals surface area contributed by atoms with E-state index in [2.05, 4.69) is 5.32 Å². The number of nitrogens with one attached hydrogen (secondary N) is 1. The molecule has 0 heterocycles. The third-order valence-electron chi connectivity index (χ3n) is 7.54. The molecule has 1 aromatic carbocycles. The summed E-state index contributed by atoms with van der Waals surface area (Å²) in [7, 11) is 1.65. The van der Waals surface area contributed by atoms with Crippen molar-refractivity contribution in [1.82, 2.24) is 10.2 Å². The van der Waals surface area contributed by atoms with Gasteiger partial charge < -0.3 is 10.2 Å². The first-order valence-electron chi connectivity index (χ1n) is 10.8. The summed E-state index contributed by atoms with van der Waals surface area (Å²) in [6.45, 7) is 2.09. The Labute approximate surface area is 171 Å². The number of carbonyl (C=O) groups is 2. The summed E-state index contributed by atoms with van der Waals surface area (Å²) in [5.74, 6) is 0.291. The number of halogens is 2. The molecule has 4 nitrogen and oxygen atoms in total. The van der Waals surface area contributed by atoms with Gasteiger partial charge in [0.25, 0.3) is 0 Å². The number of nitrogens with zero attached hydrogens (tertiary/aromatic N) is 1. The van der Waals surface area contributed by atoms with Crippen LogP contribution in [0.15, 0.2) is 18.2 Å². The lowest BCUT2D eigenvalue weighted by Gasteiger charge is -2.55. The summed E-state index contributed by atoms with van der Waals surface area (Å²) in [5.41, 5.74) is 0.333. The van der Waals surface area contributed by atoms with Crippen LogP contribution >= 0.6 is 0 Å². The Balaban J connectivity index is 1.29. The first kappa shape index (κ1) is 20.3. The van der Waals surface area contributed by atoms with Gasteiger partial charge in [0, 0.05) is 25.4 Å². The van der Waals surface area contributed by atoms with Crippen molar-refractivity contribution in [1.29, 1.82) is 0 Å². The van der Waals surface area contributed by atoms with Crippen LogP contribution in [0.5, 0.6) is 0 Å². The lowest BCUT2D eigenvalue weighted by atomic mass is 9.49. The van der Waals surface area contributed by atoms with Crippen molar-refractivity contribution in [2.45, 2.75) is 57.9 Å². The summed E-state index contributed by atoms with van der Waals surface area (Å²) in [5, 5.41) is 3.02. The Morgan fingerprint density at radius 1 is 1.10 bits per heavy atom. The van der Waals surface area contributed by atoms with Crippen molar-refractivity contribution >= 4 is 11.8 Å². The Morgan fingerprint density at radius 2 is 1.69 bits per heavy atom. The zero-order valence-corrected chi connectivity index (χ0v) is 17.2. The summed E-state index contributed by atoms with van der Waals surface area (Å²) < 4.78 is 26.6. The van der Waals surface area contributed by atoms with Crippen molar-refractivity contribution in [3.8, 4) is 0 Å². The second-order valence-electron chi connectivity index (χ2n) is 9.56. The second-order valence-corrected chi connectivity index (χ2v) is 9.56. The van der Waals surface area contributed by atoms with Crippen molar-refractivity contribution in [2.24, 2.45) is 23.2 Å². The van der Waals surface area contributed by atoms with Crippen LogP contribution in [-0.4, -0.2) is 30.3 Å². The zero-order chi connectivity index (χ0) is 20.8. The van der Waals surface area contributed by atoms with Crippen LogP contribution in [0.4, 0.5) is 8.78 Å². The van der Waals surface area contributed by atoms with Gasteiger partial charge in [-0.3, -0.25) is 9.59 Å². The van der Waals surface area contributed by atoms with E-state index in [9.17, 15) is 18.4 Å². The minimum absolute atomic E-state index is 0.126. The molecule has 1 aromatic rings. The lowest BCUT2D eigenvalue weighted by Crippen LogP contribution is -2.53. The Hall–Kier alpha value is -1.98. The standard InChI is InChI=1S/C23H30F2N2O2/c1-14(18-3-4-19(24)20(25)10-18)27(2)21(28)5-6-26-22(29)23-11-15-7-16(12-23)9-17(8-15)13-23/h3-4,10,14-17H,5-9,11-13H2,1-2H3,(H,26,29)/t14-,15?,16?,17?,23?/m1/s1. The van der Waals surface area contributed by atoms with E-state index < -0.39 is 11.6 Å². The van der Waals surface area contributed by atoms with Crippen molar-refractivity contribution in [3.05, 3.63) is 35.4 Å². The van der Waals surface area contributed by atoms with Gasteiger partial charge in [0.1, 0.15) is 0 Å². The van der Waals surface area contributed by atoms with E-state index in [1.54, 1.807) is 14.0 Å². The molecule has 29 heavy (non-hydrogen) atoms. The molecule has 0 spiro atoms. The van der Waals surface area contributed by atoms with Crippen molar-refractivity contribution in [2.75, 3.05) is 13.6 Å². The summed E-state index contributed by atoms with van der Waals surface area (Å²) >= 11 is 0. The Morgan fingerprint density at radius 3 is 2.24 bits per heavy atom. The maximum absolute atomic E-state index is 13.5. The monoisotopic (exact) mass is 404 g/mol. The highest BCUT2D eigenvalue weighted by Gasteiger charge is 2.54. The van der Waals surface area contributed by atoms with Gasteiger partial charge in [-0.15, -0.1) is 0 Å². The summed E-state index contributed by atoms with van der Waals surface area (Å²) in [6.07, 6.45) is 7.08. The van der Waals surface area contributed by atoms with Gasteiger partial charge in [-0.1, -0.05) is 6.07 Å². The van der Waals surface area contributed by atoms with Gasteiger partial charge in [0.05, 0.1) is 6.04 Å². The fourth-order valence-electron chi connectivity index (χ4n) is 6.25. The molecule has 1 N–H and O–H groups in total. The molecule has 158 valence electrons. The van der Waals surface area contributed by atoms with Crippen LogP contribution in [0.2, 0.25) is 0 Å².